The molecule has 9 heteroatoms. The second kappa shape index (κ2) is 10.4. The third-order valence-corrected chi connectivity index (χ3v) is 5.74. The van der Waals surface area contributed by atoms with Gasteiger partial charge < -0.3 is 30.9 Å². The van der Waals surface area contributed by atoms with Crippen LogP contribution in [0.4, 0.5) is 11.4 Å². The molecule has 0 bridgehead atoms. The van der Waals surface area contributed by atoms with Gasteiger partial charge in [-0.3, -0.25) is 0 Å². The number of pyridine rings is 1. The van der Waals surface area contributed by atoms with Gasteiger partial charge in [0, 0.05) is 54.8 Å². The summed E-state index contributed by atoms with van der Waals surface area (Å²) < 4.78 is 13.3. The van der Waals surface area contributed by atoms with Crippen molar-refractivity contribution in [3.63, 3.8) is 0 Å². The third-order valence-electron chi connectivity index (χ3n) is 5.74. The van der Waals surface area contributed by atoms with Crippen molar-refractivity contribution in [2.24, 2.45) is 0 Å². The number of nitrogen functional groups attached to an aromatic ring is 1. The maximum atomic E-state index is 9.98. The van der Waals surface area contributed by atoms with Crippen LogP contribution in [0, 0.1) is 0 Å². The van der Waals surface area contributed by atoms with Crippen LogP contribution in [0.1, 0.15) is 32.7 Å². The van der Waals surface area contributed by atoms with Crippen molar-refractivity contribution in [3.8, 4) is 17.0 Å². The van der Waals surface area contributed by atoms with Crippen LogP contribution < -0.4 is 21.1 Å². The molecule has 1 aliphatic rings. The number of ether oxygens (including phenoxy) is 2. The van der Waals surface area contributed by atoms with Gasteiger partial charge in [-0.1, -0.05) is 0 Å². The van der Waals surface area contributed by atoms with Crippen molar-refractivity contribution in [1.82, 2.24) is 20.1 Å². The molecule has 9 nitrogen and oxygen atoms in total. The lowest BCUT2D eigenvalue weighted by Crippen LogP contribution is -2.29. The van der Waals surface area contributed by atoms with Crippen LogP contribution in [0.25, 0.3) is 22.3 Å². The Kier molecular flexibility index (Phi) is 7.32. The molecule has 0 amide bonds. The fourth-order valence-corrected chi connectivity index (χ4v) is 4.07. The Balaban J connectivity index is 1.71. The van der Waals surface area contributed by atoms with Crippen LogP contribution in [-0.2, 0) is 4.74 Å². The quantitative estimate of drug-likeness (QED) is 0.365. The summed E-state index contributed by atoms with van der Waals surface area (Å²) >= 11 is 0. The van der Waals surface area contributed by atoms with Crippen LogP contribution in [-0.4, -0.2) is 65.4 Å². The number of anilines is 2. The van der Waals surface area contributed by atoms with Crippen molar-refractivity contribution in [2.45, 2.75) is 44.9 Å². The van der Waals surface area contributed by atoms with E-state index in [0.29, 0.717) is 24.0 Å². The fraction of sp³-hybridized carbons (Fsp3) is 0.500. The summed E-state index contributed by atoms with van der Waals surface area (Å²) in [7, 11) is 1.79. The molecule has 33 heavy (non-hydrogen) atoms. The molecule has 1 saturated heterocycles. The lowest BCUT2D eigenvalue weighted by molar-refractivity contribution is 0.0905. The Morgan fingerprint density at radius 3 is 2.76 bits per heavy atom. The molecule has 0 saturated carbocycles. The van der Waals surface area contributed by atoms with Gasteiger partial charge in [-0.05, 0) is 51.9 Å². The molecule has 3 heterocycles. The number of rotatable bonds is 9. The molecule has 0 aliphatic carbocycles. The van der Waals surface area contributed by atoms with Crippen LogP contribution in [0.2, 0.25) is 0 Å². The number of benzene rings is 1. The number of hydrogen-bond donors (Lipinski definition) is 4. The van der Waals surface area contributed by atoms with Crippen LogP contribution in [0.5, 0.6) is 5.75 Å². The molecular weight excluding hydrogens is 420 g/mol. The number of nitrogens with one attached hydrogen (secondary N) is 2. The highest BCUT2D eigenvalue weighted by Crippen LogP contribution is 2.33. The summed E-state index contributed by atoms with van der Waals surface area (Å²) in [5.41, 5.74) is 10.2. The smallest absolute Gasteiger partial charge is 0.160 e. The lowest BCUT2D eigenvalue weighted by Gasteiger charge is -2.24. The topological polar surface area (TPSA) is 119 Å². The van der Waals surface area contributed by atoms with Crippen LogP contribution >= 0.6 is 0 Å². The highest BCUT2D eigenvalue weighted by molar-refractivity contribution is 5.92. The van der Waals surface area contributed by atoms with Gasteiger partial charge in [-0.15, -0.1) is 0 Å². The molecule has 5 N–H and O–H groups in total. The van der Waals surface area contributed by atoms with E-state index < -0.39 is 6.10 Å². The highest BCUT2D eigenvalue weighted by atomic mass is 16.5. The third kappa shape index (κ3) is 5.55. The normalized spacial score (nSPS) is 15.8. The van der Waals surface area contributed by atoms with Crippen LogP contribution in [0.15, 0.2) is 30.5 Å². The Bertz CT molecular complexity index is 1080. The predicted octanol–water partition coefficient (Wildman–Crippen LogP) is 2.81. The van der Waals surface area contributed by atoms with E-state index in [9.17, 15) is 5.11 Å². The van der Waals surface area contributed by atoms with Gasteiger partial charge in [-0.25, -0.2) is 9.67 Å². The molecule has 2 aromatic heterocycles. The number of nitrogens with zero attached hydrogens (tertiary/aromatic N) is 3. The SMILES string of the molecule is CNCC(O)COc1cc(N)cc(-c2cc(NC3CCOCC3)c3cnn(C(C)C)c3n2)c1. The summed E-state index contributed by atoms with van der Waals surface area (Å²) in [6, 6.07) is 8.12. The number of aromatic nitrogens is 3. The maximum absolute atomic E-state index is 9.98. The summed E-state index contributed by atoms with van der Waals surface area (Å²) in [5, 5.41) is 22.2. The van der Waals surface area contributed by atoms with Crippen molar-refractivity contribution < 1.29 is 14.6 Å². The first kappa shape index (κ1) is 23.3. The van der Waals surface area contributed by atoms with Crippen molar-refractivity contribution in [3.05, 3.63) is 30.5 Å². The minimum Gasteiger partial charge on any atom is -0.491 e. The summed E-state index contributed by atoms with van der Waals surface area (Å²) in [6.45, 7) is 6.34. The molecule has 1 aromatic carbocycles. The molecule has 4 rings (SSSR count). The van der Waals surface area contributed by atoms with Crippen LogP contribution in [0.3, 0.4) is 0 Å². The van der Waals surface area contributed by atoms with E-state index in [-0.39, 0.29) is 12.6 Å². The number of nitrogens with two attached hydrogens (primary N) is 1. The van der Waals surface area contributed by atoms with E-state index in [1.165, 1.54) is 0 Å². The van der Waals surface area contributed by atoms with E-state index in [4.69, 9.17) is 20.2 Å². The van der Waals surface area contributed by atoms with Gasteiger partial charge in [0.05, 0.1) is 17.3 Å². The monoisotopic (exact) mass is 454 g/mol. The second-order valence-corrected chi connectivity index (χ2v) is 8.82. The molecule has 1 aliphatic heterocycles. The zero-order valence-corrected chi connectivity index (χ0v) is 19.5. The second-order valence-electron chi connectivity index (χ2n) is 8.82. The maximum Gasteiger partial charge on any atom is 0.160 e. The van der Waals surface area contributed by atoms with Gasteiger partial charge in [0.2, 0.25) is 0 Å². The van der Waals surface area contributed by atoms with E-state index >= 15 is 0 Å². The van der Waals surface area contributed by atoms with Gasteiger partial charge in [0.15, 0.2) is 5.65 Å². The zero-order chi connectivity index (χ0) is 23.4. The number of aliphatic hydroxyl groups is 1. The molecule has 0 radical (unpaired) electrons. The van der Waals surface area contributed by atoms with Gasteiger partial charge >= 0.3 is 0 Å². The molecule has 1 fully saturated rings. The number of likely N-dealkylation sites (N-methyl/N-ethyl adjacent to an activating group) is 1. The van der Waals surface area contributed by atoms with Crippen molar-refractivity contribution >= 4 is 22.4 Å². The largest absolute Gasteiger partial charge is 0.491 e. The Morgan fingerprint density at radius 1 is 1.24 bits per heavy atom. The van der Waals surface area contributed by atoms with Gasteiger partial charge in [-0.2, -0.15) is 5.10 Å². The summed E-state index contributed by atoms with van der Waals surface area (Å²) in [5.74, 6) is 0.596. The van der Waals surface area contributed by atoms with E-state index in [1.54, 1.807) is 13.1 Å². The van der Waals surface area contributed by atoms with Gasteiger partial charge in [0.25, 0.3) is 0 Å². The Morgan fingerprint density at radius 2 is 2.03 bits per heavy atom. The number of aliphatic hydroxyl groups excluding tert-OH is 1. The predicted molar refractivity (Wildman–Crippen MR) is 131 cm³/mol. The van der Waals surface area contributed by atoms with E-state index in [0.717, 1.165) is 54.0 Å². The van der Waals surface area contributed by atoms with Gasteiger partial charge in [0.1, 0.15) is 18.5 Å². The molecule has 178 valence electrons. The summed E-state index contributed by atoms with van der Waals surface area (Å²) in [4.78, 5) is 4.95. The number of hydrogen-bond acceptors (Lipinski definition) is 8. The van der Waals surface area contributed by atoms with E-state index in [1.807, 2.05) is 23.0 Å². The number of fused-ring (bicyclic) bond motifs is 1. The Labute approximate surface area is 194 Å². The lowest BCUT2D eigenvalue weighted by atomic mass is 10.1. The molecule has 1 unspecified atom stereocenters. The molecular formula is C24H34N6O3. The zero-order valence-electron chi connectivity index (χ0n) is 19.5. The molecule has 3 aromatic rings. The highest BCUT2D eigenvalue weighted by Gasteiger charge is 2.19. The average Bonchev–Trinajstić information content (AvgIpc) is 3.23. The molecule has 0 spiro atoms. The summed E-state index contributed by atoms with van der Waals surface area (Å²) in [6.07, 6.45) is 3.20. The minimum atomic E-state index is -0.606. The first-order chi connectivity index (χ1) is 15.9. The minimum absolute atomic E-state index is 0.173. The fourth-order valence-electron chi connectivity index (χ4n) is 4.07. The van der Waals surface area contributed by atoms with Crippen molar-refractivity contribution in [1.29, 1.82) is 0 Å². The first-order valence-corrected chi connectivity index (χ1v) is 11.5. The van der Waals surface area contributed by atoms with Crippen molar-refractivity contribution in [2.75, 3.05) is 44.5 Å². The van der Waals surface area contributed by atoms with E-state index in [2.05, 4.69) is 35.6 Å². The first-order valence-electron chi connectivity index (χ1n) is 11.5. The average molecular weight is 455 g/mol. The molecule has 1 atom stereocenters. The standard InChI is InChI=1S/C24H34N6O3/c1-15(2)30-24-21(13-27-30)23(28-18-4-6-32-7-5-18)11-22(29-24)16-8-17(25)10-20(9-16)33-14-19(31)12-26-3/h8-11,13,15,18-19,26,31H,4-7,12,14,25H2,1-3H3,(H,28,29). The Hall–Kier alpha value is -2.88.